The van der Waals surface area contributed by atoms with Gasteiger partial charge in [0.1, 0.15) is 35.8 Å². The van der Waals surface area contributed by atoms with Crippen LogP contribution in [0.25, 0.3) is 11.6 Å². The van der Waals surface area contributed by atoms with Crippen LogP contribution >= 0.6 is 0 Å². The summed E-state index contributed by atoms with van der Waals surface area (Å²) in [5, 5.41) is 19.5. The Labute approximate surface area is 281 Å². The monoisotopic (exact) mass is 654 g/mol. The Morgan fingerprint density at radius 2 is 1.71 bits per heavy atom. The predicted octanol–water partition coefficient (Wildman–Crippen LogP) is 5.20. The second-order valence-electron chi connectivity index (χ2n) is 11.9. The number of anilines is 2. The van der Waals surface area contributed by atoms with Crippen molar-refractivity contribution in [3.8, 4) is 11.8 Å². The molecule has 2 heterocycles. The number of carbonyl (C=O) groups is 2. The third-order valence-corrected chi connectivity index (χ3v) is 8.47. The zero-order valence-corrected chi connectivity index (χ0v) is 28.1. The summed E-state index contributed by atoms with van der Waals surface area (Å²) in [5.74, 6) is -1.38. The first-order chi connectivity index (χ1) is 23.3. The maximum atomic E-state index is 13.6. The van der Waals surface area contributed by atoms with Gasteiger partial charge in [0.15, 0.2) is 5.57 Å². The number of ether oxygens (including phenoxy) is 2. The van der Waals surface area contributed by atoms with Gasteiger partial charge >= 0.3 is 11.9 Å². The molecule has 0 atom stereocenters. The van der Waals surface area contributed by atoms with E-state index in [0.717, 1.165) is 58.8 Å². The van der Waals surface area contributed by atoms with E-state index in [1.54, 1.807) is 13.0 Å². The van der Waals surface area contributed by atoms with E-state index in [1.807, 2.05) is 36.4 Å². The summed E-state index contributed by atoms with van der Waals surface area (Å²) in [7, 11) is 0. The van der Waals surface area contributed by atoms with Gasteiger partial charge in [0.25, 0.3) is 5.56 Å². The maximum Gasteiger partial charge on any atom is 0.353 e. The molecule has 1 aliphatic heterocycles. The summed E-state index contributed by atoms with van der Waals surface area (Å²) < 4.78 is 13.5. The summed E-state index contributed by atoms with van der Waals surface area (Å²) in [6.07, 6.45) is 13.9. The number of hydrogen-bond acceptors (Lipinski definition) is 7. The third-order valence-electron chi connectivity index (χ3n) is 8.47. The lowest BCUT2D eigenvalue weighted by atomic mass is 10.1. The summed E-state index contributed by atoms with van der Waals surface area (Å²) in [4.78, 5) is 40.2. The van der Waals surface area contributed by atoms with Crippen molar-refractivity contribution in [1.82, 2.24) is 9.13 Å². The van der Waals surface area contributed by atoms with Crippen LogP contribution in [0, 0.1) is 11.3 Å². The number of nitrogens with zero attached hydrogens (tertiary/aromatic N) is 4. The number of unbranched alkanes of at least 4 members (excludes halogenated alkanes) is 7. The number of carboxylic acid groups (broad SMARTS) is 1. The van der Waals surface area contributed by atoms with Crippen molar-refractivity contribution in [2.45, 2.75) is 84.7 Å². The minimum Gasteiger partial charge on any atom is -0.494 e. The third kappa shape index (κ3) is 8.85. The molecule has 0 aliphatic carbocycles. The molecule has 0 saturated carbocycles. The molecule has 1 aliphatic rings. The van der Waals surface area contributed by atoms with Crippen molar-refractivity contribution in [1.29, 1.82) is 5.26 Å². The van der Waals surface area contributed by atoms with Gasteiger partial charge in [0, 0.05) is 24.5 Å². The number of fused-ring (bicyclic) bond motifs is 1. The molecular formula is C38H46N4O6. The lowest BCUT2D eigenvalue weighted by molar-refractivity contribution is -0.138. The van der Waals surface area contributed by atoms with Gasteiger partial charge in [0.2, 0.25) is 0 Å². The van der Waals surface area contributed by atoms with Crippen LogP contribution in [0.4, 0.5) is 11.4 Å². The summed E-state index contributed by atoms with van der Waals surface area (Å²) in [5.41, 5.74) is 2.80. The van der Waals surface area contributed by atoms with Crippen molar-refractivity contribution in [3.63, 3.8) is 0 Å². The number of imidazole rings is 1. The number of nitriles is 1. The number of hydrogen-bond donors (Lipinski definition) is 1. The van der Waals surface area contributed by atoms with E-state index >= 15 is 0 Å². The van der Waals surface area contributed by atoms with Gasteiger partial charge in [-0.1, -0.05) is 70.6 Å². The van der Waals surface area contributed by atoms with Gasteiger partial charge in [0.05, 0.1) is 6.61 Å². The van der Waals surface area contributed by atoms with E-state index in [9.17, 15) is 24.8 Å². The van der Waals surface area contributed by atoms with Crippen LogP contribution in [0.3, 0.4) is 0 Å². The Kier molecular flexibility index (Phi) is 13.2. The smallest absolute Gasteiger partial charge is 0.353 e. The number of rotatable bonds is 18. The van der Waals surface area contributed by atoms with Crippen LogP contribution in [0.2, 0.25) is 0 Å². The van der Waals surface area contributed by atoms with Crippen LogP contribution in [0.15, 0.2) is 59.9 Å². The Hall–Kier alpha value is -5.04. The SMILES string of the molecule is C=CCOC(=O)/C(C#N)=c1\n(CC(=O)O)c(=O)/c(=C/c2ccc3c(c2)CCN3c2ccc(OCCCCCCCCCC)cc2)n1CC. The van der Waals surface area contributed by atoms with E-state index in [-0.39, 0.29) is 24.0 Å². The van der Waals surface area contributed by atoms with Crippen LogP contribution in [0.1, 0.15) is 76.3 Å². The molecule has 0 saturated heterocycles. The van der Waals surface area contributed by atoms with Crippen LogP contribution in [0.5, 0.6) is 5.75 Å². The minimum absolute atomic E-state index is 0.106. The molecule has 0 spiro atoms. The van der Waals surface area contributed by atoms with Crippen molar-refractivity contribution < 1.29 is 24.2 Å². The number of carbonyl (C=O) groups excluding carboxylic acids is 1. The molecule has 254 valence electrons. The van der Waals surface area contributed by atoms with Crippen LogP contribution < -0.4 is 26.0 Å². The van der Waals surface area contributed by atoms with E-state index in [0.29, 0.717) is 0 Å². The van der Waals surface area contributed by atoms with Gasteiger partial charge in [-0.2, -0.15) is 5.26 Å². The molecule has 0 unspecified atom stereocenters. The standard InChI is InChI=1S/C38H46N4O6/c1-4-7-8-9-10-11-12-13-23-47-31-17-15-30(16-18-31)41-21-20-29-24-28(14-19-33(29)41)25-34-37(45)42(27-35(43)44)36(40(34)6-3)32(26-39)38(46)48-22-5-2/h5,14-19,24-25H,2,4,6-13,20-23,27H2,1,3H3,(H,43,44)/b34-25-,36-32-. The van der Waals surface area contributed by atoms with Gasteiger partial charge in [-0.25, -0.2) is 4.79 Å². The summed E-state index contributed by atoms with van der Waals surface area (Å²) >= 11 is 0. The zero-order chi connectivity index (χ0) is 34.5. The first-order valence-electron chi connectivity index (χ1n) is 16.9. The molecular weight excluding hydrogens is 608 g/mol. The fraction of sp³-hybridized carbons (Fsp3) is 0.421. The van der Waals surface area contributed by atoms with E-state index in [4.69, 9.17) is 9.47 Å². The summed E-state index contributed by atoms with van der Waals surface area (Å²) in [6, 6.07) is 15.9. The lowest BCUT2D eigenvalue weighted by Crippen LogP contribution is -2.36. The van der Waals surface area contributed by atoms with Gasteiger partial charge < -0.3 is 24.0 Å². The maximum absolute atomic E-state index is 13.6. The highest BCUT2D eigenvalue weighted by Crippen LogP contribution is 2.35. The second-order valence-corrected chi connectivity index (χ2v) is 11.9. The molecule has 3 aromatic rings. The number of aromatic nitrogens is 2. The molecule has 0 radical (unpaired) electrons. The normalized spacial score (nSPS) is 13.2. The lowest BCUT2D eigenvalue weighted by Gasteiger charge is -2.20. The predicted molar refractivity (Wildman–Crippen MR) is 187 cm³/mol. The molecule has 0 amide bonds. The van der Waals surface area contributed by atoms with E-state index in [2.05, 4.69) is 30.5 Å². The van der Waals surface area contributed by atoms with E-state index < -0.39 is 29.6 Å². The number of aliphatic carboxylic acids is 1. The highest BCUT2D eigenvalue weighted by Gasteiger charge is 2.23. The zero-order valence-electron chi connectivity index (χ0n) is 28.1. The van der Waals surface area contributed by atoms with E-state index in [1.165, 1.54) is 55.6 Å². The van der Waals surface area contributed by atoms with Gasteiger partial charge in [-0.05, 0) is 73.4 Å². The molecule has 0 bridgehead atoms. The summed E-state index contributed by atoms with van der Waals surface area (Å²) in [6.45, 7) is 8.37. The first-order valence-corrected chi connectivity index (χ1v) is 16.9. The molecule has 2 aromatic carbocycles. The Bertz CT molecular complexity index is 1810. The van der Waals surface area contributed by atoms with Crippen molar-refractivity contribution >= 4 is 35.0 Å². The molecule has 0 fully saturated rings. The Morgan fingerprint density at radius 1 is 1.00 bits per heavy atom. The highest BCUT2D eigenvalue weighted by molar-refractivity contribution is 6.15. The quantitative estimate of drug-likeness (QED) is 0.113. The number of esters is 1. The van der Waals surface area contributed by atoms with Gasteiger partial charge in [-0.15, -0.1) is 0 Å². The van der Waals surface area contributed by atoms with Crippen LogP contribution in [-0.4, -0.2) is 45.9 Å². The fourth-order valence-corrected chi connectivity index (χ4v) is 6.10. The molecule has 10 heteroatoms. The highest BCUT2D eigenvalue weighted by atomic mass is 16.5. The second kappa shape index (κ2) is 17.8. The minimum atomic E-state index is -1.28. The fourth-order valence-electron chi connectivity index (χ4n) is 6.10. The van der Waals surface area contributed by atoms with Crippen LogP contribution in [-0.2, 0) is 33.8 Å². The molecule has 1 aromatic heterocycles. The molecule has 4 rings (SSSR count). The number of benzene rings is 2. The Balaban J connectivity index is 1.53. The van der Waals surface area contributed by atoms with Crippen molar-refractivity contribution in [3.05, 3.63) is 87.4 Å². The molecule has 10 nitrogen and oxygen atoms in total. The topological polar surface area (TPSA) is 127 Å². The average molecular weight is 655 g/mol. The molecule has 1 N–H and O–H groups in total. The number of carboxylic acids is 1. The Morgan fingerprint density at radius 3 is 2.35 bits per heavy atom. The van der Waals surface area contributed by atoms with Crippen molar-refractivity contribution in [2.75, 3.05) is 24.7 Å². The van der Waals surface area contributed by atoms with Crippen molar-refractivity contribution in [2.24, 2.45) is 0 Å². The molecule has 48 heavy (non-hydrogen) atoms. The average Bonchev–Trinajstić information content (AvgIpc) is 3.61. The first kappa shape index (κ1) is 35.8. The largest absolute Gasteiger partial charge is 0.494 e. The van der Waals surface area contributed by atoms with Gasteiger partial charge in [-0.3, -0.25) is 14.2 Å².